The maximum absolute atomic E-state index is 14.3. The number of carbonyl (C=O) groups excluding carboxylic acids is 5. The molecular formula is C40H60N4O7S. The molecule has 0 spiro atoms. The lowest BCUT2D eigenvalue weighted by molar-refractivity contribution is -0.149. The van der Waals surface area contributed by atoms with Gasteiger partial charge in [0.2, 0.25) is 5.91 Å². The van der Waals surface area contributed by atoms with Gasteiger partial charge in [-0.2, -0.15) is 0 Å². The van der Waals surface area contributed by atoms with Crippen molar-refractivity contribution in [2.24, 2.45) is 23.7 Å². The molecule has 1 N–H and O–H groups in total. The van der Waals surface area contributed by atoms with E-state index in [0.29, 0.717) is 17.8 Å². The Morgan fingerprint density at radius 2 is 1.75 bits per heavy atom. The van der Waals surface area contributed by atoms with E-state index < -0.39 is 29.8 Å². The van der Waals surface area contributed by atoms with E-state index in [-0.39, 0.29) is 66.2 Å². The summed E-state index contributed by atoms with van der Waals surface area (Å²) in [5.74, 6) is -2.13. The highest BCUT2D eigenvalue weighted by Gasteiger charge is 2.37. The molecule has 11 nitrogen and oxygen atoms in total. The summed E-state index contributed by atoms with van der Waals surface area (Å²) >= 11 is 1.22. The van der Waals surface area contributed by atoms with Crippen molar-refractivity contribution in [2.75, 3.05) is 27.7 Å². The number of benzene rings is 1. The Balaban J connectivity index is 1.81. The van der Waals surface area contributed by atoms with E-state index in [0.717, 1.165) is 37.8 Å². The quantitative estimate of drug-likeness (QED) is 0.166. The van der Waals surface area contributed by atoms with E-state index in [1.54, 1.807) is 24.3 Å². The van der Waals surface area contributed by atoms with Gasteiger partial charge in [-0.05, 0) is 56.7 Å². The van der Waals surface area contributed by atoms with Crippen molar-refractivity contribution in [3.05, 3.63) is 52.0 Å². The van der Waals surface area contributed by atoms with Gasteiger partial charge < -0.3 is 19.7 Å². The third kappa shape index (κ3) is 12.2. The summed E-state index contributed by atoms with van der Waals surface area (Å²) in [6, 6.07) is 8.85. The summed E-state index contributed by atoms with van der Waals surface area (Å²) in [5.41, 5.74) is 1.19. The van der Waals surface area contributed by atoms with E-state index in [1.807, 2.05) is 65.1 Å². The first-order valence-corrected chi connectivity index (χ1v) is 19.6. The van der Waals surface area contributed by atoms with Crippen molar-refractivity contribution < 1.29 is 33.4 Å². The minimum Gasteiger partial charge on any atom is -0.469 e. The molecular weight excluding hydrogens is 681 g/mol. The second-order valence-corrected chi connectivity index (χ2v) is 15.7. The molecule has 7 atom stereocenters. The highest BCUT2D eigenvalue weighted by molar-refractivity contribution is 7.09. The van der Waals surface area contributed by atoms with Crippen molar-refractivity contribution in [3.8, 4) is 0 Å². The van der Waals surface area contributed by atoms with E-state index >= 15 is 0 Å². The number of likely N-dealkylation sites (tertiary alicyclic amines) is 1. The number of aromatic nitrogens is 1. The number of amides is 2. The van der Waals surface area contributed by atoms with Crippen molar-refractivity contribution in [1.82, 2.24) is 20.1 Å². The molecule has 1 aromatic heterocycles. The number of esters is 2. The fraction of sp³-hybridized carbons (Fsp3) is 0.650. The second kappa shape index (κ2) is 20.6. The van der Waals surface area contributed by atoms with Crippen LogP contribution in [0.2, 0.25) is 0 Å². The summed E-state index contributed by atoms with van der Waals surface area (Å²) < 4.78 is 10.7. The van der Waals surface area contributed by atoms with Crippen LogP contribution in [-0.4, -0.2) is 90.2 Å². The highest BCUT2D eigenvalue weighted by Crippen LogP contribution is 2.33. The number of ketones is 1. The maximum Gasteiger partial charge on any atom is 0.308 e. The first kappa shape index (κ1) is 42.8. The Bertz CT molecular complexity index is 1480. The second-order valence-electron chi connectivity index (χ2n) is 14.8. The predicted molar refractivity (Wildman–Crippen MR) is 203 cm³/mol. The van der Waals surface area contributed by atoms with Crippen LogP contribution in [0.3, 0.4) is 0 Å². The molecule has 2 aromatic rings. The molecule has 3 rings (SSSR count). The molecule has 2 heterocycles. The average Bonchev–Trinajstić information content (AvgIpc) is 3.62. The van der Waals surface area contributed by atoms with Crippen LogP contribution in [0, 0.1) is 23.7 Å². The lowest BCUT2D eigenvalue weighted by Crippen LogP contribution is -2.48. The first-order chi connectivity index (χ1) is 24.7. The molecule has 12 heteroatoms. The standard InChI is InChI=1S/C40H60N4O7S/c1-10-26(4)31(22-35(46)33-18-14-15-19-43(33)7)39(48)44(8)34(25(2)3)23-36(51-28(6)45)38-42-32(24-52-38)37(47)41-30(20-27(5)40(49)50-9)21-29-16-12-11-13-17-29/h11-13,16-17,24-27,30-31,33-34,36H,10,14-15,18-23H2,1-9H3,(H,41,47)/t26-,27-,30+,31-,33+,34+,36+/m0/s1. The number of nitrogens with one attached hydrogen (secondary N) is 1. The minimum absolute atomic E-state index is 0.00577. The van der Waals surface area contributed by atoms with Gasteiger partial charge in [-0.1, -0.05) is 77.8 Å². The zero-order chi connectivity index (χ0) is 38.5. The molecule has 52 heavy (non-hydrogen) atoms. The summed E-state index contributed by atoms with van der Waals surface area (Å²) in [6.07, 6.45) is 4.22. The van der Waals surface area contributed by atoms with E-state index in [9.17, 15) is 24.0 Å². The van der Waals surface area contributed by atoms with Gasteiger partial charge in [0, 0.05) is 50.2 Å². The van der Waals surface area contributed by atoms with Gasteiger partial charge >= 0.3 is 11.9 Å². The predicted octanol–water partition coefficient (Wildman–Crippen LogP) is 6.27. The van der Waals surface area contributed by atoms with Crippen LogP contribution in [0.15, 0.2) is 35.7 Å². The Morgan fingerprint density at radius 3 is 2.35 bits per heavy atom. The number of thiazole rings is 1. The van der Waals surface area contributed by atoms with Crippen LogP contribution >= 0.6 is 11.3 Å². The SMILES string of the molecule is CC[C@H](C)[C@H](CC(=O)[C@H]1CCCCN1C)C(=O)N(C)[C@H](C[C@@H](OC(C)=O)c1nc(C(=O)N[C@@H](Cc2ccccc2)C[C@H](C)C(=O)OC)cs1)C(C)C. The summed E-state index contributed by atoms with van der Waals surface area (Å²) in [4.78, 5) is 74.4. The lowest BCUT2D eigenvalue weighted by Gasteiger charge is -2.37. The van der Waals surface area contributed by atoms with Gasteiger partial charge in [0.25, 0.3) is 5.91 Å². The van der Waals surface area contributed by atoms with E-state index in [4.69, 9.17) is 9.47 Å². The number of methoxy groups -OCH3 is 1. The third-order valence-electron chi connectivity index (χ3n) is 10.5. The highest BCUT2D eigenvalue weighted by atomic mass is 32.1. The molecule has 1 fully saturated rings. The van der Waals surface area contributed by atoms with Gasteiger partial charge in [0.15, 0.2) is 11.9 Å². The van der Waals surface area contributed by atoms with Crippen molar-refractivity contribution in [3.63, 3.8) is 0 Å². The lowest BCUT2D eigenvalue weighted by atomic mass is 9.83. The van der Waals surface area contributed by atoms with Gasteiger partial charge in [0.05, 0.1) is 19.1 Å². The Hall–Kier alpha value is -3.64. The average molecular weight is 741 g/mol. The summed E-state index contributed by atoms with van der Waals surface area (Å²) in [7, 11) is 5.10. The zero-order valence-corrected chi connectivity index (χ0v) is 33.4. The molecule has 1 aliphatic rings. The molecule has 1 aromatic carbocycles. The number of hydrogen-bond donors (Lipinski definition) is 1. The largest absolute Gasteiger partial charge is 0.469 e. The number of ether oxygens (including phenoxy) is 2. The molecule has 0 unspecified atom stereocenters. The topological polar surface area (TPSA) is 135 Å². The Kier molecular flexibility index (Phi) is 16.9. The third-order valence-corrected chi connectivity index (χ3v) is 11.5. The Morgan fingerprint density at radius 1 is 1.06 bits per heavy atom. The van der Waals surface area contributed by atoms with Crippen LogP contribution in [0.1, 0.15) is 114 Å². The number of carbonyl (C=O) groups is 5. The smallest absolute Gasteiger partial charge is 0.308 e. The minimum atomic E-state index is -0.800. The number of Topliss-reactive ketones (excluding diaryl/α,β-unsaturated/α-hetero) is 1. The molecule has 2 amide bonds. The van der Waals surface area contributed by atoms with Crippen LogP contribution < -0.4 is 5.32 Å². The molecule has 0 radical (unpaired) electrons. The first-order valence-electron chi connectivity index (χ1n) is 18.7. The van der Waals surface area contributed by atoms with Gasteiger partial charge in [-0.25, -0.2) is 4.98 Å². The fourth-order valence-corrected chi connectivity index (χ4v) is 8.03. The maximum atomic E-state index is 14.3. The Labute approximate surface area is 314 Å². The molecule has 1 saturated heterocycles. The molecule has 1 aliphatic heterocycles. The number of hydrogen-bond acceptors (Lipinski definition) is 10. The van der Waals surface area contributed by atoms with Gasteiger partial charge in [-0.3, -0.25) is 28.9 Å². The molecule has 0 saturated carbocycles. The number of piperidine rings is 1. The van der Waals surface area contributed by atoms with E-state index in [2.05, 4.69) is 15.2 Å². The summed E-state index contributed by atoms with van der Waals surface area (Å²) in [5, 5.41) is 5.14. The zero-order valence-electron chi connectivity index (χ0n) is 32.6. The number of likely N-dealkylation sites (N-methyl/N-ethyl adjacent to an activating group) is 1. The van der Waals surface area contributed by atoms with E-state index in [1.165, 1.54) is 25.4 Å². The summed E-state index contributed by atoms with van der Waals surface area (Å²) in [6.45, 7) is 12.1. The van der Waals surface area contributed by atoms with Crippen molar-refractivity contribution in [1.29, 1.82) is 0 Å². The van der Waals surface area contributed by atoms with Crippen LogP contribution in [0.4, 0.5) is 0 Å². The van der Waals surface area contributed by atoms with Crippen LogP contribution in [0.25, 0.3) is 0 Å². The van der Waals surface area contributed by atoms with Crippen molar-refractivity contribution in [2.45, 2.75) is 117 Å². The van der Waals surface area contributed by atoms with Gasteiger partial charge in [-0.15, -0.1) is 11.3 Å². The molecule has 288 valence electrons. The van der Waals surface area contributed by atoms with Crippen LogP contribution in [-0.2, 0) is 35.1 Å². The number of nitrogens with zero attached hydrogens (tertiary/aromatic N) is 3. The van der Waals surface area contributed by atoms with Crippen LogP contribution in [0.5, 0.6) is 0 Å². The van der Waals surface area contributed by atoms with Crippen molar-refractivity contribution >= 4 is 40.9 Å². The molecule has 0 aliphatic carbocycles. The normalized spacial score (nSPS) is 18.4. The molecule has 0 bridgehead atoms. The monoisotopic (exact) mass is 740 g/mol. The fourth-order valence-electron chi connectivity index (χ4n) is 7.19. The number of rotatable bonds is 19. The van der Waals surface area contributed by atoms with Gasteiger partial charge in [0.1, 0.15) is 10.7 Å².